The van der Waals surface area contributed by atoms with E-state index in [2.05, 4.69) is 16.2 Å². The molecule has 1 unspecified atom stereocenters. The number of nitrogens with zero attached hydrogens (tertiary/aromatic N) is 1. The first-order valence-electron chi connectivity index (χ1n) is 8.34. The van der Waals surface area contributed by atoms with Crippen LogP contribution < -0.4 is 16.2 Å². The van der Waals surface area contributed by atoms with E-state index in [1.165, 1.54) is 26.1 Å². The van der Waals surface area contributed by atoms with Gasteiger partial charge < -0.3 is 5.32 Å². The van der Waals surface area contributed by atoms with Gasteiger partial charge in [-0.3, -0.25) is 25.2 Å². The van der Waals surface area contributed by atoms with Crippen LogP contribution in [0.3, 0.4) is 0 Å². The number of carbonyl (C=O) groups excluding carboxylic acids is 3. The number of carbonyl (C=O) groups is 3. The molecule has 0 aliphatic carbocycles. The van der Waals surface area contributed by atoms with E-state index in [0.717, 1.165) is 9.87 Å². The van der Waals surface area contributed by atoms with Crippen LogP contribution in [0, 0.1) is 12.8 Å². The monoisotopic (exact) mass is 398 g/mol. The van der Waals surface area contributed by atoms with Crippen LogP contribution in [-0.2, 0) is 24.4 Å². The fourth-order valence-electron chi connectivity index (χ4n) is 2.18. The molecule has 0 aliphatic rings. The Balaban J connectivity index is 2.66. The first kappa shape index (κ1) is 22.6. The molecule has 0 heterocycles. The lowest BCUT2D eigenvalue weighted by Crippen LogP contribution is -2.55. The SMILES string of the molecule is CC(=O)NC(C(=O)NNC(=O)CN(C)S(=O)(=O)c1ccc(C)cc1)C(C)C. The van der Waals surface area contributed by atoms with Crippen LogP contribution in [0.5, 0.6) is 0 Å². The van der Waals surface area contributed by atoms with Gasteiger partial charge in [0.2, 0.25) is 15.9 Å². The standard InChI is InChI=1S/C17H26N4O5S/c1-11(2)16(18-13(4)22)17(24)20-19-15(23)10-21(5)27(25,26)14-8-6-12(3)7-9-14/h6-9,11,16H,10H2,1-5H3,(H,18,22)(H,19,23)(H,20,24). The minimum Gasteiger partial charge on any atom is -0.344 e. The van der Waals surface area contributed by atoms with E-state index >= 15 is 0 Å². The van der Waals surface area contributed by atoms with Crippen molar-refractivity contribution >= 4 is 27.7 Å². The molecular weight excluding hydrogens is 372 g/mol. The van der Waals surface area contributed by atoms with E-state index in [1.54, 1.807) is 26.0 Å². The zero-order chi connectivity index (χ0) is 20.8. The predicted octanol–water partition coefficient (Wildman–Crippen LogP) is -0.0764. The molecule has 10 heteroatoms. The quantitative estimate of drug-likeness (QED) is 0.554. The Kier molecular flexibility index (Phi) is 7.92. The van der Waals surface area contributed by atoms with E-state index in [-0.39, 0.29) is 16.7 Å². The van der Waals surface area contributed by atoms with Gasteiger partial charge in [0, 0.05) is 14.0 Å². The van der Waals surface area contributed by atoms with E-state index < -0.39 is 34.4 Å². The van der Waals surface area contributed by atoms with Crippen LogP contribution in [0.4, 0.5) is 0 Å². The third-order valence-electron chi connectivity index (χ3n) is 3.73. The molecule has 0 saturated heterocycles. The Morgan fingerprint density at radius 1 is 1.07 bits per heavy atom. The van der Waals surface area contributed by atoms with Gasteiger partial charge in [-0.2, -0.15) is 4.31 Å². The maximum Gasteiger partial charge on any atom is 0.261 e. The third kappa shape index (κ3) is 6.65. The molecule has 0 fully saturated rings. The van der Waals surface area contributed by atoms with Gasteiger partial charge in [0.05, 0.1) is 11.4 Å². The molecule has 1 aromatic rings. The van der Waals surface area contributed by atoms with E-state index in [0.29, 0.717) is 0 Å². The molecule has 1 rings (SSSR count). The molecule has 0 bridgehead atoms. The summed E-state index contributed by atoms with van der Waals surface area (Å²) in [5.74, 6) is -1.89. The summed E-state index contributed by atoms with van der Waals surface area (Å²) in [6.07, 6.45) is 0. The second-order valence-corrected chi connectivity index (χ2v) is 8.58. The predicted molar refractivity (Wildman–Crippen MR) is 99.7 cm³/mol. The molecule has 0 aliphatic heterocycles. The largest absolute Gasteiger partial charge is 0.344 e. The van der Waals surface area contributed by atoms with Crippen LogP contribution >= 0.6 is 0 Å². The summed E-state index contributed by atoms with van der Waals surface area (Å²) < 4.78 is 25.8. The molecule has 27 heavy (non-hydrogen) atoms. The van der Waals surface area contributed by atoms with E-state index in [4.69, 9.17) is 0 Å². The van der Waals surface area contributed by atoms with Gasteiger partial charge in [0.15, 0.2) is 0 Å². The van der Waals surface area contributed by atoms with E-state index in [9.17, 15) is 22.8 Å². The number of hydrazine groups is 1. The molecule has 3 N–H and O–H groups in total. The number of aryl methyl sites for hydroxylation is 1. The molecule has 1 aromatic carbocycles. The number of nitrogens with one attached hydrogen (secondary N) is 3. The van der Waals surface area contributed by atoms with Gasteiger partial charge in [-0.15, -0.1) is 0 Å². The minimum absolute atomic E-state index is 0.0676. The summed E-state index contributed by atoms with van der Waals surface area (Å²) >= 11 is 0. The maximum atomic E-state index is 12.4. The Bertz CT molecular complexity index is 790. The molecule has 0 radical (unpaired) electrons. The second kappa shape index (κ2) is 9.47. The van der Waals surface area contributed by atoms with Crippen molar-refractivity contribution in [2.75, 3.05) is 13.6 Å². The Morgan fingerprint density at radius 3 is 2.11 bits per heavy atom. The average Bonchev–Trinajstić information content (AvgIpc) is 2.57. The zero-order valence-electron chi connectivity index (χ0n) is 16.1. The van der Waals surface area contributed by atoms with Crippen molar-refractivity contribution < 1.29 is 22.8 Å². The summed E-state index contributed by atoms with van der Waals surface area (Å²) in [6, 6.07) is 5.42. The molecule has 9 nitrogen and oxygen atoms in total. The Labute approximate surface area is 159 Å². The van der Waals surface area contributed by atoms with Crippen LogP contribution in [0.1, 0.15) is 26.3 Å². The summed E-state index contributed by atoms with van der Waals surface area (Å²) in [4.78, 5) is 35.3. The summed E-state index contributed by atoms with van der Waals surface area (Å²) in [6.45, 7) is 6.12. The smallest absolute Gasteiger partial charge is 0.261 e. The number of amides is 3. The van der Waals surface area contributed by atoms with Crippen molar-refractivity contribution in [1.29, 1.82) is 0 Å². The van der Waals surface area contributed by atoms with Crippen molar-refractivity contribution in [2.24, 2.45) is 5.92 Å². The lowest BCUT2D eigenvalue weighted by Gasteiger charge is -2.21. The summed E-state index contributed by atoms with van der Waals surface area (Å²) in [7, 11) is -2.56. The lowest BCUT2D eigenvalue weighted by molar-refractivity contribution is -0.132. The highest BCUT2D eigenvalue weighted by atomic mass is 32.2. The third-order valence-corrected chi connectivity index (χ3v) is 5.55. The van der Waals surface area contributed by atoms with Crippen molar-refractivity contribution in [3.8, 4) is 0 Å². The minimum atomic E-state index is -3.83. The lowest BCUT2D eigenvalue weighted by atomic mass is 10.0. The Hall–Kier alpha value is -2.46. The zero-order valence-corrected chi connectivity index (χ0v) is 16.9. The summed E-state index contributed by atoms with van der Waals surface area (Å²) in [5, 5.41) is 2.49. The molecule has 1 atom stereocenters. The van der Waals surface area contributed by atoms with Crippen molar-refractivity contribution in [1.82, 2.24) is 20.5 Å². The maximum absolute atomic E-state index is 12.4. The van der Waals surface area contributed by atoms with Gasteiger partial charge in [-0.05, 0) is 25.0 Å². The molecule has 0 aromatic heterocycles. The van der Waals surface area contributed by atoms with Gasteiger partial charge in [0.1, 0.15) is 6.04 Å². The van der Waals surface area contributed by atoms with Crippen molar-refractivity contribution in [3.05, 3.63) is 29.8 Å². The molecule has 0 spiro atoms. The topological polar surface area (TPSA) is 125 Å². The fourth-order valence-corrected chi connectivity index (χ4v) is 3.31. The van der Waals surface area contributed by atoms with Gasteiger partial charge in [-0.25, -0.2) is 8.42 Å². The first-order chi connectivity index (χ1) is 12.4. The molecule has 150 valence electrons. The van der Waals surface area contributed by atoms with Crippen LogP contribution in [0.2, 0.25) is 0 Å². The van der Waals surface area contributed by atoms with Gasteiger partial charge in [0.25, 0.3) is 11.8 Å². The molecular formula is C17H26N4O5S. The number of rotatable bonds is 7. The number of hydrogen-bond donors (Lipinski definition) is 3. The van der Waals surface area contributed by atoms with Gasteiger partial charge >= 0.3 is 0 Å². The van der Waals surface area contributed by atoms with Crippen molar-refractivity contribution in [2.45, 2.75) is 38.6 Å². The van der Waals surface area contributed by atoms with Crippen LogP contribution in [-0.4, -0.2) is 50.1 Å². The van der Waals surface area contributed by atoms with E-state index in [1.807, 2.05) is 6.92 Å². The van der Waals surface area contributed by atoms with Crippen LogP contribution in [0.25, 0.3) is 0 Å². The number of benzene rings is 1. The fraction of sp³-hybridized carbons (Fsp3) is 0.471. The highest BCUT2D eigenvalue weighted by molar-refractivity contribution is 7.89. The summed E-state index contributed by atoms with van der Waals surface area (Å²) in [5.41, 5.74) is 5.27. The second-order valence-electron chi connectivity index (χ2n) is 6.53. The number of hydrogen-bond acceptors (Lipinski definition) is 5. The average molecular weight is 398 g/mol. The normalized spacial score (nSPS) is 12.6. The highest BCUT2D eigenvalue weighted by Crippen LogP contribution is 2.14. The van der Waals surface area contributed by atoms with Crippen molar-refractivity contribution in [3.63, 3.8) is 0 Å². The Morgan fingerprint density at radius 2 is 1.63 bits per heavy atom. The highest BCUT2D eigenvalue weighted by Gasteiger charge is 2.25. The van der Waals surface area contributed by atoms with Gasteiger partial charge in [-0.1, -0.05) is 31.5 Å². The van der Waals surface area contributed by atoms with Crippen LogP contribution in [0.15, 0.2) is 29.2 Å². The number of sulfonamides is 1. The number of likely N-dealkylation sites (N-methyl/N-ethyl adjacent to an activating group) is 1. The molecule has 3 amide bonds. The first-order valence-corrected chi connectivity index (χ1v) is 9.78. The molecule has 0 saturated carbocycles.